The molecule has 0 aliphatic rings. The molecule has 0 fully saturated rings. The van der Waals surface area contributed by atoms with E-state index in [1.165, 1.54) is 72.2 Å². The number of hydrogen-bond acceptors (Lipinski definition) is 21. The van der Waals surface area contributed by atoms with Gasteiger partial charge in [0, 0.05) is 117 Å². The van der Waals surface area contributed by atoms with Crippen LogP contribution < -0.4 is 15.5 Å². The van der Waals surface area contributed by atoms with Gasteiger partial charge in [-0.15, -0.1) is 0 Å². The zero-order valence-corrected chi connectivity index (χ0v) is 63.1. The number of aromatic nitrogens is 7. The van der Waals surface area contributed by atoms with Crippen molar-refractivity contribution >= 4 is 115 Å². The van der Waals surface area contributed by atoms with E-state index in [1.54, 1.807) is 141 Å². The van der Waals surface area contributed by atoms with Crippen molar-refractivity contribution in [3.05, 3.63) is 292 Å². The predicted octanol–water partition coefficient (Wildman–Crippen LogP) is 13.8. The van der Waals surface area contributed by atoms with Gasteiger partial charge in [-0.05, 0) is 163 Å². The van der Waals surface area contributed by atoms with Crippen molar-refractivity contribution in [3.8, 4) is 5.75 Å². The molecule has 0 saturated carbocycles. The van der Waals surface area contributed by atoms with Gasteiger partial charge in [0.05, 0.1) is 49.6 Å². The molecule has 12 aromatic rings. The Morgan fingerprint density at radius 1 is 0.518 bits per heavy atom. The van der Waals surface area contributed by atoms with Crippen LogP contribution in [-0.2, 0) is 23.7 Å². The minimum absolute atomic E-state index is 0.0362. The highest BCUT2D eigenvalue weighted by molar-refractivity contribution is 9.10. The van der Waals surface area contributed by atoms with Gasteiger partial charge in [0.15, 0.2) is 11.5 Å². The number of rotatable bonds is 18. The van der Waals surface area contributed by atoms with Gasteiger partial charge in [-0.3, -0.25) is 24.4 Å². The number of phenols is 1. The van der Waals surface area contributed by atoms with Crippen LogP contribution in [0, 0.1) is 6.92 Å². The predicted molar refractivity (Wildman–Crippen MR) is 418 cm³/mol. The summed E-state index contributed by atoms with van der Waals surface area (Å²) in [6, 6.07) is 48.6. The summed E-state index contributed by atoms with van der Waals surface area (Å²) in [7, 11) is 7.16. The standard InChI is InChI=1S/C22H27NO3.C10H7NO2.C9H11NO2.C9H7NO.C6H4BrNO2.C6H8N2O2.C6H6N2O2.C6H7NO2.C5H4O3.CO2/c1-3-5-15-23(16-6-4-2)18-13-11-17(12-14-18)21(24)19-9-7-8-10-20(19)22(25)26;12-10(13)8-3-4-9-7(6-8)2-1-5-11-9;1-10(2)8-5-3-4-7(6-8)9(11)12;11-8-5-1-3-7-4-2-6-10-9(7)8;7-5-3-8-2-1-4(5)6(9)10;1-4-3-5(6(9)10)7-8(4)2;7-5-3-4(6(9)10)1-2-8-5;1-7-4-2-3-5(7)6(8)9;6-5(7)4-1-2-8-3-4;2-1-3/h7-14H,3-6,15-16H2,1-2H3,(H,25,26);1-6H,(H,12,13);3-6H,1-2H3,(H,11,12);1-6,11H;1-3H,(H,9,10);3H,1-2H3,(H,9,10);1-3H,(H2,7,8)(H,9,10);2-4H,1H3,(H,8,9);1-3H,(H,6,7);. The smallest absolute Gasteiger partial charge is 0.373 e. The third-order valence-electron chi connectivity index (χ3n) is 14.8. The molecule has 0 saturated heterocycles. The Morgan fingerprint density at radius 2 is 1.08 bits per heavy atom. The van der Waals surface area contributed by atoms with E-state index in [2.05, 4.69) is 64.1 Å². The summed E-state index contributed by atoms with van der Waals surface area (Å²) in [5.41, 5.74) is 11.9. The lowest BCUT2D eigenvalue weighted by Crippen LogP contribution is -2.25. The lowest BCUT2D eigenvalue weighted by molar-refractivity contribution is -0.191. The van der Waals surface area contributed by atoms with Crippen molar-refractivity contribution in [2.75, 3.05) is 42.7 Å². The normalized spacial score (nSPS) is 9.64. The monoisotopic (exact) mass is 1600 g/mol. The van der Waals surface area contributed by atoms with Gasteiger partial charge in [0.1, 0.15) is 29.0 Å². The van der Waals surface area contributed by atoms with Crippen LogP contribution in [0.2, 0.25) is 0 Å². The number of aromatic carboxylic acids is 8. The highest BCUT2D eigenvalue weighted by Gasteiger charge is 2.18. The van der Waals surface area contributed by atoms with Gasteiger partial charge in [-0.2, -0.15) is 14.7 Å². The maximum absolute atomic E-state index is 12.7. The molecule has 0 unspecified atom stereocenters. The first-order valence-corrected chi connectivity index (χ1v) is 34.0. The molecule has 12 rings (SSSR count). The summed E-state index contributed by atoms with van der Waals surface area (Å²) in [5, 5.41) is 83.6. The number of nitrogens with two attached hydrogens (primary N) is 1. The van der Waals surface area contributed by atoms with E-state index < -0.39 is 47.8 Å². The second kappa shape index (κ2) is 48.6. The van der Waals surface area contributed by atoms with Crippen LogP contribution in [0.1, 0.15) is 144 Å². The molecule has 0 bridgehead atoms. The molecule has 0 spiro atoms. The Morgan fingerprint density at radius 3 is 1.54 bits per heavy atom. The number of para-hydroxylation sites is 1. The van der Waals surface area contributed by atoms with Crippen molar-refractivity contribution in [3.63, 3.8) is 0 Å². The molecule has 584 valence electrons. The highest BCUT2D eigenvalue weighted by Crippen LogP contribution is 2.23. The van der Waals surface area contributed by atoms with Gasteiger partial charge in [-0.25, -0.2) is 43.3 Å². The maximum Gasteiger partial charge on any atom is 0.373 e. The summed E-state index contributed by atoms with van der Waals surface area (Å²) in [4.78, 5) is 132. The number of pyridine rings is 4. The molecule has 7 aromatic heterocycles. The number of phenolic OH excluding ortho intramolecular Hbond substituents is 1. The Kier molecular flexibility index (Phi) is 39.8. The molecule has 31 nitrogen and oxygen atoms in total. The number of aryl methyl sites for hydroxylation is 3. The van der Waals surface area contributed by atoms with Crippen LogP contribution >= 0.6 is 15.9 Å². The average Bonchev–Trinajstić information content (AvgIpc) is 1.03. The first-order valence-electron chi connectivity index (χ1n) is 33.2. The molecule has 32 heteroatoms. The molecule has 5 aromatic carbocycles. The number of anilines is 3. The number of ketones is 1. The van der Waals surface area contributed by atoms with Crippen molar-refractivity contribution in [1.29, 1.82) is 0 Å². The lowest BCUT2D eigenvalue weighted by Gasteiger charge is -2.24. The number of carbonyl (C=O) groups is 9. The summed E-state index contributed by atoms with van der Waals surface area (Å²) >= 11 is 3.05. The Labute approximate surface area is 649 Å². The Hall–Kier alpha value is -14.5. The number of hydrogen-bond donors (Lipinski definition) is 10. The quantitative estimate of drug-likeness (QED) is 0.0357. The first kappa shape index (κ1) is 91.7. The van der Waals surface area contributed by atoms with Crippen LogP contribution in [0.25, 0.3) is 21.8 Å². The molecule has 0 amide bonds. The number of carbonyl (C=O) groups excluding carboxylic acids is 3. The van der Waals surface area contributed by atoms with Gasteiger partial charge in [0.25, 0.3) is 0 Å². The van der Waals surface area contributed by atoms with Gasteiger partial charge >= 0.3 is 53.9 Å². The third kappa shape index (κ3) is 31.9. The molecular formula is C80H81BrN10O21. The fraction of sp³-hybridized carbons (Fsp3) is 0.163. The number of nitrogen functional groups attached to an aromatic ring is 1. The maximum atomic E-state index is 12.7. The second-order valence-electron chi connectivity index (χ2n) is 23.0. The number of aromatic hydroxyl groups is 1. The average molecular weight is 1600 g/mol. The van der Waals surface area contributed by atoms with E-state index in [0.29, 0.717) is 32.4 Å². The number of unbranched alkanes of at least 4 members (excludes halogenated alkanes) is 2. The van der Waals surface area contributed by atoms with Crippen molar-refractivity contribution in [1.82, 2.24) is 34.3 Å². The fourth-order valence-electron chi connectivity index (χ4n) is 8.99. The molecule has 0 aliphatic heterocycles. The fourth-order valence-corrected chi connectivity index (χ4v) is 9.41. The van der Waals surface area contributed by atoms with Gasteiger partial charge < -0.3 is 70.5 Å². The van der Waals surface area contributed by atoms with Crippen molar-refractivity contribution < 1.29 is 103 Å². The zero-order chi connectivity index (χ0) is 83.4. The summed E-state index contributed by atoms with van der Waals surface area (Å²) in [6.45, 7) is 8.18. The van der Waals surface area contributed by atoms with E-state index in [9.17, 15) is 53.4 Å². The Balaban J connectivity index is 0.000000334. The number of furan rings is 1. The summed E-state index contributed by atoms with van der Waals surface area (Å²) in [5.74, 6) is -7.46. The minimum Gasteiger partial charge on any atom is -0.506 e. The Bertz CT molecular complexity index is 5070. The second-order valence-corrected chi connectivity index (χ2v) is 23.8. The van der Waals surface area contributed by atoms with Crippen molar-refractivity contribution in [2.24, 2.45) is 14.1 Å². The number of carboxylic acid groups (broad SMARTS) is 8. The van der Waals surface area contributed by atoms with E-state index in [4.69, 9.17) is 51.1 Å². The number of carboxylic acids is 8. The summed E-state index contributed by atoms with van der Waals surface area (Å²) < 4.78 is 8.09. The molecular weight excluding hydrogens is 1520 g/mol. The van der Waals surface area contributed by atoms with E-state index >= 15 is 0 Å². The van der Waals surface area contributed by atoms with E-state index in [1.807, 2.05) is 61.5 Å². The number of nitrogens with zero attached hydrogens (tertiary/aromatic N) is 9. The van der Waals surface area contributed by atoms with E-state index in [0.717, 1.165) is 72.1 Å². The van der Waals surface area contributed by atoms with Gasteiger partial charge in [-0.1, -0.05) is 75.2 Å². The highest BCUT2D eigenvalue weighted by atomic mass is 79.9. The largest absolute Gasteiger partial charge is 0.506 e. The van der Waals surface area contributed by atoms with Gasteiger partial charge in [0.2, 0.25) is 0 Å². The molecule has 0 aliphatic carbocycles. The third-order valence-corrected chi connectivity index (χ3v) is 15.5. The first-order chi connectivity index (χ1) is 53.3. The molecule has 112 heavy (non-hydrogen) atoms. The molecule has 0 atom stereocenters. The lowest BCUT2D eigenvalue weighted by atomic mass is 9.98. The topological polar surface area (TPSA) is 490 Å². The summed E-state index contributed by atoms with van der Waals surface area (Å²) in [6.07, 6.45) is 16.6. The zero-order valence-electron chi connectivity index (χ0n) is 61.5. The number of halogens is 1. The van der Waals surface area contributed by atoms with Crippen LogP contribution in [-0.4, -0.2) is 167 Å². The minimum atomic E-state index is -1.09. The molecule has 11 N–H and O–H groups in total. The number of benzene rings is 5. The SMILES string of the molecule is CCCCN(CCCC)c1ccc(C(=O)c2ccccc2C(=O)O)cc1.CN(C)c1cccc(C(=O)O)c1.Cc1cc(C(=O)O)nn1C.Cn1cccc1C(=O)O.Nc1cc(C(=O)O)ccn1.O=C(O)c1ccc2ncccc2c1.O=C(O)c1ccncc1Br.O=C(O)c1ccoc1.O=C=O.Oc1cccc2cccnc12. The molecule has 0 radical (unpaired) electrons. The number of fused-ring (bicyclic) bond motifs is 2. The van der Waals surface area contributed by atoms with Crippen molar-refractivity contribution in [2.45, 2.75) is 46.5 Å². The van der Waals surface area contributed by atoms with Crippen LogP contribution in [0.5, 0.6) is 5.75 Å². The van der Waals surface area contributed by atoms with Crippen LogP contribution in [0.4, 0.5) is 17.2 Å². The van der Waals surface area contributed by atoms with Crippen LogP contribution in [0.3, 0.4) is 0 Å². The van der Waals surface area contributed by atoms with Crippen LogP contribution in [0.15, 0.2) is 235 Å². The van der Waals surface area contributed by atoms with E-state index in [-0.39, 0.29) is 57.0 Å². The molecule has 7 heterocycles.